The summed E-state index contributed by atoms with van der Waals surface area (Å²) in [6.07, 6.45) is 9.35. The molecule has 0 bridgehead atoms. The average molecular weight is 422 g/mol. The van der Waals surface area contributed by atoms with Crippen molar-refractivity contribution in [3.05, 3.63) is 33.7 Å². The van der Waals surface area contributed by atoms with E-state index < -0.39 is 0 Å². The van der Waals surface area contributed by atoms with Crippen molar-refractivity contribution in [2.24, 2.45) is 29.7 Å². The molecule has 2 aromatic rings. The number of nitrogens with zero attached hydrogens (tertiary/aromatic N) is 5. The zero-order valence-electron chi connectivity index (χ0n) is 18.3. The number of hydrogen-bond donors (Lipinski definition) is 2. The molecule has 0 amide bonds. The molecule has 1 unspecified atom stereocenters. The Balaban J connectivity index is 1.52. The van der Waals surface area contributed by atoms with Crippen molar-refractivity contribution in [3.63, 3.8) is 0 Å². The molecule has 164 valence electrons. The lowest BCUT2D eigenvalue weighted by molar-refractivity contribution is 0.384. The molecule has 0 aromatic carbocycles. The van der Waals surface area contributed by atoms with Gasteiger partial charge in [-0.3, -0.25) is 9.48 Å². The van der Waals surface area contributed by atoms with Crippen LogP contribution in [0.15, 0.2) is 22.2 Å². The number of aryl methyl sites for hydroxylation is 1. The average Bonchev–Trinajstić information content (AvgIpc) is 3.67. The monoisotopic (exact) mass is 421 g/mol. The minimum absolute atomic E-state index is 0.00891. The lowest BCUT2D eigenvalue weighted by Crippen LogP contribution is -2.39. The third kappa shape index (κ3) is 3.06. The van der Waals surface area contributed by atoms with E-state index in [9.17, 15) is 4.79 Å². The van der Waals surface area contributed by atoms with Crippen molar-refractivity contribution in [1.82, 2.24) is 19.8 Å². The Morgan fingerprint density at radius 3 is 2.58 bits per heavy atom. The molecule has 1 saturated heterocycles. The van der Waals surface area contributed by atoms with Gasteiger partial charge in [0.25, 0.3) is 5.56 Å². The maximum Gasteiger partial charge on any atom is 0.262 e. The second-order valence-corrected chi connectivity index (χ2v) is 9.80. The molecule has 1 atom stereocenters. The normalized spacial score (nSPS) is 23.1. The van der Waals surface area contributed by atoms with E-state index in [-0.39, 0.29) is 17.4 Å². The zero-order valence-corrected chi connectivity index (χ0v) is 18.3. The highest BCUT2D eigenvalue weighted by molar-refractivity contribution is 6.00. The molecule has 0 radical (unpaired) electrons. The fraction of sp³-hybridized carbons (Fsp3) is 0.609. The van der Waals surface area contributed by atoms with Crippen molar-refractivity contribution in [2.75, 3.05) is 11.4 Å². The van der Waals surface area contributed by atoms with E-state index in [2.05, 4.69) is 34.6 Å². The van der Waals surface area contributed by atoms with Gasteiger partial charge in [-0.15, -0.1) is 0 Å². The first-order chi connectivity index (χ1) is 15.0. The molecule has 0 spiro atoms. The molecule has 3 N–H and O–H groups in total. The van der Waals surface area contributed by atoms with Crippen LogP contribution in [0.4, 0.5) is 5.82 Å². The first-order valence-corrected chi connectivity index (χ1v) is 11.7. The van der Waals surface area contributed by atoms with Crippen molar-refractivity contribution >= 4 is 11.7 Å². The Morgan fingerprint density at radius 1 is 1.19 bits per heavy atom. The van der Waals surface area contributed by atoms with E-state index in [1.54, 1.807) is 0 Å². The standard InChI is InChI=1S/C23H31N7O/c1-13-4-3-9-29(13)19-10-18(27-28(19)2)17-12-30(21(14-5-6-14)15-7-8-15)23(31)20-16(17)11-25-26-22(20)24/h10,12-15,21,25H,3-9,11H2,1-2H3,(H2,24,26). The summed E-state index contributed by atoms with van der Waals surface area (Å²) < 4.78 is 3.97. The summed E-state index contributed by atoms with van der Waals surface area (Å²) in [4.78, 5) is 16.0. The number of aromatic nitrogens is 3. The molecule has 6 rings (SSSR count). The van der Waals surface area contributed by atoms with Gasteiger partial charge in [0.05, 0.1) is 17.8 Å². The molecule has 31 heavy (non-hydrogen) atoms. The van der Waals surface area contributed by atoms with E-state index in [4.69, 9.17) is 10.8 Å². The first-order valence-electron chi connectivity index (χ1n) is 11.7. The van der Waals surface area contributed by atoms with Crippen LogP contribution in [0.1, 0.15) is 62.6 Å². The molecule has 2 saturated carbocycles. The summed E-state index contributed by atoms with van der Waals surface area (Å²) in [6.45, 7) is 3.83. The number of pyridine rings is 1. The predicted octanol–water partition coefficient (Wildman–Crippen LogP) is 2.32. The van der Waals surface area contributed by atoms with Gasteiger partial charge in [-0.1, -0.05) is 0 Å². The summed E-state index contributed by atoms with van der Waals surface area (Å²) in [5.74, 6) is 2.65. The van der Waals surface area contributed by atoms with Gasteiger partial charge in [-0.05, 0) is 57.3 Å². The molecule has 4 heterocycles. The molecule has 8 nitrogen and oxygen atoms in total. The second kappa shape index (κ2) is 6.87. The lowest BCUT2D eigenvalue weighted by Gasteiger charge is -2.25. The van der Waals surface area contributed by atoms with Crippen LogP contribution in [-0.4, -0.2) is 32.8 Å². The van der Waals surface area contributed by atoms with Gasteiger partial charge < -0.3 is 20.6 Å². The number of hydrazone groups is 1. The van der Waals surface area contributed by atoms with Crippen molar-refractivity contribution in [1.29, 1.82) is 0 Å². The maximum atomic E-state index is 13.6. The van der Waals surface area contributed by atoms with Crippen LogP contribution in [0.3, 0.4) is 0 Å². The van der Waals surface area contributed by atoms with Crippen LogP contribution >= 0.6 is 0 Å². The van der Waals surface area contributed by atoms with Crippen LogP contribution in [0.2, 0.25) is 0 Å². The summed E-state index contributed by atoms with van der Waals surface area (Å²) in [5.41, 5.74) is 12.6. The van der Waals surface area contributed by atoms with Crippen LogP contribution < -0.4 is 21.6 Å². The molecule has 4 aliphatic rings. The SMILES string of the molecule is CC1CCCN1c1cc(-c2cn(C(C3CC3)C3CC3)c(=O)c3c2CNN=C3N)nn1C. The molecule has 3 fully saturated rings. The molecule has 8 heteroatoms. The molecule has 2 aliphatic carbocycles. The fourth-order valence-electron chi connectivity index (χ4n) is 5.66. The summed E-state index contributed by atoms with van der Waals surface area (Å²) in [7, 11) is 2.01. The Kier molecular flexibility index (Phi) is 4.20. The lowest BCUT2D eigenvalue weighted by atomic mass is 9.98. The molecule has 2 aromatic heterocycles. The highest BCUT2D eigenvalue weighted by atomic mass is 16.1. The van der Waals surface area contributed by atoms with Crippen LogP contribution in [-0.2, 0) is 13.6 Å². The third-order valence-corrected chi connectivity index (χ3v) is 7.56. The fourth-order valence-corrected chi connectivity index (χ4v) is 5.66. The highest BCUT2D eigenvalue weighted by Gasteiger charge is 2.43. The number of nitrogens with two attached hydrogens (primary N) is 1. The van der Waals surface area contributed by atoms with Gasteiger partial charge in [-0.25, -0.2) is 0 Å². The van der Waals surface area contributed by atoms with E-state index in [1.165, 1.54) is 38.5 Å². The predicted molar refractivity (Wildman–Crippen MR) is 121 cm³/mol. The molecular weight excluding hydrogens is 390 g/mol. The van der Waals surface area contributed by atoms with Crippen molar-refractivity contribution in [2.45, 2.75) is 64.1 Å². The Morgan fingerprint density at radius 2 is 1.94 bits per heavy atom. The van der Waals surface area contributed by atoms with Crippen LogP contribution in [0.5, 0.6) is 0 Å². The Labute approximate surface area is 182 Å². The number of amidine groups is 1. The highest BCUT2D eigenvalue weighted by Crippen LogP contribution is 2.52. The van der Waals surface area contributed by atoms with E-state index in [1.807, 2.05) is 16.3 Å². The largest absolute Gasteiger partial charge is 0.382 e. The number of fused-ring (bicyclic) bond motifs is 1. The van der Waals surface area contributed by atoms with Gasteiger partial charge in [0.2, 0.25) is 0 Å². The van der Waals surface area contributed by atoms with Gasteiger partial charge in [0.15, 0.2) is 5.84 Å². The van der Waals surface area contributed by atoms with Gasteiger partial charge in [0.1, 0.15) is 5.82 Å². The van der Waals surface area contributed by atoms with E-state index in [0.29, 0.717) is 30.0 Å². The number of anilines is 1. The van der Waals surface area contributed by atoms with Gasteiger partial charge in [0, 0.05) is 49.1 Å². The molecular formula is C23H31N7O. The van der Waals surface area contributed by atoms with Crippen LogP contribution in [0.25, 0.3) is 11.3 Å². The summed E-state index contributed by atoms with van der Waals surface area (Å²) in [6, 6.07) is 2.97. The smallest absolute Gasteiger partial charge is 0.262 e. The second-order valence-electron chi connectivity index (χ2n) is 9.80. The maximum absolute atomic E-state index is 13.6. The Hall–Kier alpha value is -2.77. The Bertz CT molecular complexity index is 1110. The molecule has 2 aliphatic heterocycles. The third-order valence-electron chi connectivity index (χ3n) is 7.56. The van der Waals surface area contributed by atoms with Crippen LogP contribution in [0, 0.1) is 11.8 Å². The summed E-state index contributed by atoms with van der Waals surface area (Å²) >= 11 is 0. The number of nitrogens with one attached hydrogen (secondary N) is 1. The van der Waals surface area contributed by atoms with Crippen molar-refractivity contribution < 1.29 is 0 Å². The minimum atomic E-state index is 0.00891. The number of rotatable bonds is 5. The quantitative estimate of drug-likeness (QED) is 0.773. The number of hydrogen-bond acceptors (Lipinski definition) is 6. The van der Waals surface area contributed by atoms with Crippen molar-refractivity contribution in [3.8, 4) is 11.3 Å². The first kappa shape index (κ1) is 19.0. The topological polar surface area (TPSA) is 93.5 Å². The van der Waals surface area contributed by atoms with Gasteiger partial charge in [-0.2, -0.15) is 10.2 Å². The summed E-state index contributed by atoms with van der Waals surface area (Å²) in [5, 5.41) is 9.08. The van der Waals surface area contributed by atoms with E-state index in [0.717, 1.165) is 29.2 Å². The van der Waals surface area contributed by atoms with Gasteiger partial charge >= 0.3 is 0 Å². The van der Waals surface area contributed by atoms with E-state index >= 15 is 0 Å². The zero-order chi connectivity index (χ0) is 21.3. The minimum Gasteiger partial charge on any atom is -0.382 e.